The summed E-state index contributed by atoms with van der Waals surface area (Å²) in [5, 5.41) is 21.8. The van der Waals surface area contributed by atoms with Crippen LogP contribution in [0.3, 0.4) is 0 Å². The van der Waals surface area contributed by atoms with E-state index in [2.05, 4.69) is 13.8 Å². The summed E-state index contributed by atoms with van der Waals surface area (Å²) in [7, 11) is 0. The Hall–Kier alpha value is -0.760. The van der Waals surface area contributed by atoms with Crippen LogP contribution in [0.15, 0.2) is 0 Å². The fraction of sp³-hybridized carbons (Fsp3) is 0.971. The zero-order valence-corrected chi connectivity index (χ0v) is 26.6. The van der Waals surface area contributed by atoms with Crippen LogP contribution in [-0.4, -0.2) is 40.3 Å². The molecule has 4 rings (SSSR count). The first kappa shape index (κ1) is 35.1. The molecule has 0 aromatic rings. The first-order valence-corrected chi connectivity index (χ1v) is 17.5. The molecule has 0 aliphatic heterocycles. The van der Waals surface area contributed by atoms with Crippen molar-refractivity contribution in [2.45, 2.75) is 173 Å². The second-order valence-electron chi connectivity index (χ2n) is 15.5. The first-order valence-electron chi connectivity index (χ1n) is 17.5. The van der Waals surface area contributed by atoms with Gasteiger partial charge in [-0.25, -0.2) is 0 Å². The van der Waals surface area contributed by atoms with Crippen LogP contribution in [0.5, 0.6) is 0 Å². The molecule has 0 heterocycles. The second-order valence-corrected chi connectivity index (χ2v) is 15.5. The molecule has 4 fully saturated rings. The van der Waals surface area contributed by atoms with Gasteiger partial charge in [0.15, 0.2) is 0 Å². The van der Waals surface area contributed by atoms with Crippen molar-refractivity contribution in [2.24, 2.45) is 40.4 Å². The number of rotatable bonds is 15. The fourth-order valence-corrected chi connectivity index (χ4v) is 10.4. The lowest BCUT2D eigenvalue weighted by Gasteiger charge is -2.62. The maximum Gasteiger partial charge on any atom is 0.453 e. The van der Waals surface area contributed by atoms with E-state index in [9.17, 15) is 37.0 Å². The lowest BCUT2D eigenvalue weighted by atomic mass is 9.42. The van der Waals surface area contributed by atoms with Gasteiger partial charge in [-0.3, -0.25) is 4.79 Å². The Morgan fingerprint density at radius 1 is 0.837 bits per heavy atom. The highest BCUT2D eigenvalue weighted by Crippen LogP contribution is 2.68. The number of aliphatic hydroxyl groups is 2. The molecule has 2 N–H and O–H groups in total. The number of carbonyl (C=O) groups excluding carboxylic acids is 1. The van der Waals surface area contributed by atoms with Crippen molar-refractivity contribution < 1.29 is 37.0 Å². The molecule has 43 heavy (non-hydrogen) atoms. The van der Waals surface area contributed by atoms with Crippen molar-refractivity contribution >= 4 is 5.78 Å². The van der Waals surface area contributed by atoms with Crippen molar-refractivity contribution in [3.8, 4) is 0 Å². The van der Waals surface area contributed by atoms with E-state index in [0.717, 1.165) is 96.3 Å². The van der Waals surface area contributed by atoms with Crippen LogP contribution in [0.1, 0.15) is 149 Å². The van der Waals surface area contributed by atoms with E-state index in [0.29, 0.717) is 54.6 Å². The number of unbranched alkanes of at least 4 members (excludes halogenated alkanes) is 7. The van der Waals surface area contributed by atoms with Gasteiger partial charge < -0.3 is 10.2 Å². The minimum Gasteiger partial charge on any atom is -0.393 e. The van der Waals surface area contributed by atoms with Gasteiger partial charge in [0.2, 0.25) is 0 Å². The molecule has 9 atom stereocenters. The van der Waals surface area contributed by atoms with Crippen LogP contribution in [0, 0.1) is 40.4 Å². The highest BCUT2D eigenvalue weighted by molar-refractivity contribution is 5.79. The summed E-state index contributed by atoms with van der Waals surface area (Å²) in [5.74, 6) is -1.28. The summed E-state index contributed by atoms with van der Waals surface area (Å²) < 4.78 is 62.5. The molecule has 4 aliphatic carbocycles. The quantitative estimate of drug-likeness (QED) is 0.142. The molecule has 0 amide bonds. The molecular formula is C35H57F5O3. The minimum atomic E-state index is -5.45. The largest absolute Gasteiger partial charge is 0.453 e. The van der Waals surface area contributed by atoms with Gasteiger partial charge in [0.05, 0.1) is 12.2 Å². The van der Waals surface area contributed by atoms with E-state index in [1.165, 1.54) is 6.42 Å². The van der Waals surface area contributed by atoms with Gasteiger partial charge in [0.1, 0.15) is 5.78 Å². The predicted octanol–water partition coefficient (Wildman–Crippen LogP) is 9.81. The Morgan fingerprint density at radius 3 is 2.14 bits per heavy atom. The number of aliphatic hydroxyl groups excluding tert-OH is 2. The summed E-state index contributed by atoms with van der Waals surface area (Å²) in [6, 6.07) is 0. The van der Waals surface area contributed by atoms with Crippen molar-refractivity contribution in [1.82, 2.24) is 0 Å². The molecule has 0 saturated heterocycles. The highest BCUT2D eigenvalue weighted by atomic mass is 19.4. The second kappa shape index (κ2) is 14.3. The molecule has 0 aromatic carbocycles. The van der Waals surface area contributed by atoms with Gasteiger partial charge in [0, 0.05) is 19.3 Å². The monoisotopic (exact) mass is 620 g/mol. The van der Waals surface area contributed by atoms with E-state index in [-0.39, 0.29) is 29.5 Å². The third kappa shape index (κ3) is 7.97. The molecule has 0 bridgehead atoms. The molecule has 3 nitrogen and oxygen atoms in total. The highest BCUT2D eigenvalue weighted by Gasteiger charge is 2.62. The standard InChI is InChI=1S/C35H57F5O3/c1-32-21-19-27(42)22-25(32)15-16-28-29-17-18-30(43)33(29,2)23-24(31(28)32)12-11-14-26(41)13-9-7-5-3-4-6-8-10-20-34(36,37)35(38,39)40/h24-26,28-31,41,43H,3-23H2,1-2H3/t24?,25?,26?,28-,29-,30?,31+,32-,33-/m0/s1. The Balaban J connectivity index is 1.15. The summed E-state index contributed by atoms with van der Waals surface area (Å²) in [6.07, 6.45) is 10.1. The number of ketones is 1. The van der Waals surface area contributed by atoms with Gasteiger partial charge in [-0.2, -0.15) is 22.0 Å². The Kier molecular flexibility index (Phi) is 11.7. The summed E-state index contributed by atoms with van der Waals surface area (Å²) >= 11 is 0. The molecule has 0 spiro atoms. The predicted molar refractivity (Wildman–Crippen MR) is 159 cm³/mol. The fourth-order valence-electron chi connectivity index (χ4n) is 10.4. The maximum absolute atomic E-state index is 12.9. The number of Topliss-reactive ketones (excluding diaryl/α,β-unsaturated/α-hetero) is 1. The molecule has 8 heteroatoms. The van der Waals surface area contributed by atoms with E-state index >= 15 is 0 Å². The van der Waals surface area contributed by atoms with E-state index < -0.39 is 18.5 Å². The van der Waals surface area contributed by atoms with Crippen LogP contribution < -0.4 is 0 Å². The third-order valence-corrected chi connectivity index (χ3v) is 12.8. The molecule has 4 unspecified atom stereocenters. The Morgan fingerprint density at radius 2 is 1.47 bits per heavy atom. The van der Waals surface area contributed by atoms with E-state index in [4.69, 9.17) is 0 Å². The van der Waals surface area contributed by atoms with Crippen LogP contribution in [0.4, 0.5) is 22.0 Å². The minimum absolute atomic E-state index is 0.00766. The van der Waals surface area contributed by atoms with Gasteiger partial charge in [0.25, 0.3) is 0 Å². The smallest absolute Gasteiger partial charge is 0.393 e. The SMILES string of the molecule is C[C@]12CCC(=O)CC1CC[C@@H]1[C@H]2C(CCCC(O)CCCCCCCCCCC(F)(F)C(F)(F)F)C[C@]2(C)C(O)CC[C@@H]12. The molecular weight excluding hydrogens is 563 g/mol. The number of hydrogen-bond donors (Lipinski definition) is 2. The number of carbonyl (C=O) groups is 1. The molecule has 0 radical (unpaired) electrons. The molecule has 0 aromatic heterocycles. The topological polar surface area (TPSA) is 57.5 Å². The molecule has 250 valence electrons. The van der Waals surface area contributed by atoms with Crippen molar-refractivity contribution in [3.63, 3.8) is 0 Å². The zero-order valence-electron chi connectivity index (χ0n) is 26.6. The van der Waals surface area contributed by atoms with Crippen molar-refractivity contribution in [2.75, 3.05) is 0 Å². The summed E-state index contributed by atoms with van der Waals surface area (Å²) in [6.45, 7) is 4.81. The third-order valence-electron chi connectivity index (χ3n) is 12.8. The van der Waals surface area contributed by atoms with Crippen LogP contribution >= 0.6 is 0 Å². The zero-order chi connectivity index (χ0) is 31.5. The van der Waals surface area contributed by atoms with Gasteiger partial charge in [-0.1, -0.05) is 71.6 Å². The number of alkyl halides is 5. The number of fused-ring (bicyclic) bond motifs is 5. The van der Waals surface area contributed by atoms with Gasteiger partial charge >= 0.3 is 12.1 Å². The van der Waals surface area contributed by atoms with Crippen LogP contribution in [0.2, 0.25) is 0 Å². The number of halogens is 5. The maximum atomic E-state index is 12.9. The average molecular weight is 621 g/mol. The van der Waals surface area contributed by atoms with E-state index in [1.54, 1.807) is 0 Å². The lowest BCUT2D eigenvalue weighted by molar-refractivity contribution is -0.284. The first-order chi connectivity index (χ1) is 20.2. The Bertz CT molecular complexity index is 908. The summed E-state index contributed by atoms with van der Waals surface area (Å²) in [4.78, 5) is 12.4. The van der Waals surface area contributed by atoms with Crippen molar-refractivity contribution in [3.05, 3.63) is 0 Å². The average Bonchev–Trinajstić information content (AvgIpc) is 3.23. The van der Waals surface area contributed by atoms with Crippen LogP contribution in [-0.2, 0) is 4.79 Å². The number of hydrogen-bond acceptors (Lipinski definition) is 3. The van der Waals surface area contributed by atoms with E-state index in [1.807, 2.05) is 0 Å². The lowest BCUT2D eigenvalue weighted by Crippen LogP contribution is -2.57. The van der Waals surface area contributed by atoms with Crippen LogP contribution in [0.25, 0.3) is 0 Å². The molecule has 4 aliphatic rings. The Labute approximate surface area is 256 Å². The van der Waals surface area contributed by atoms with Gasteiger partial charge in [-0.05, 0) is 98.2 Å². The normalized spacial score (nSPS) is 37.1. The van der Waals surface area contributed by atoms with Gasteiger partial charge in [-0.15, -0.1) is 0 Å². The summed E-state index contributed by atoms with van der Waals surface area (Å²) in [5.41, 5.74) is 0.204. The van der Waals surface area contributed by atoms with Crippen molar-refractivity contribution in [1.29, 1.82) is 0 Å². The molecule has 4 saturated carbocycles.